The predicted molar refractivity (Wildman–Crippen MR) is 121 cm³/mol. The number of pyridine rings is 1. The van der Waals surface area contributed by atoms with Crippen molar-refractivity contribution in [3.63, 3.8) is 0 Å². The van der Waals surface area contributed by atoms with Gasteiger partial charge in [0.25, 0.3) is 0 Å². The van der Waals surface area contributed by atoms with E-state index in [1.165, 1.54) is 0 Å². The number of piperazine rings is 1. The molecular weight excluding hydrogens is 410 g/mol. The van der Waals surface area contributed by atoms with E-state index in [1.54, 1.807) is 11.1 Å². The van der Waals surface area contributed by atoms with Crippen molar-refractivity contribution in [1.29, 1.82) is 0 Å². The molecule has 3 aliphatic rings. The molecule has 1 aromatic heterocycles. The fourth-order valence-electron chi connectivity index (χ4n) is 4.73. The van der Waals surface area contributed by atoms with Crippen LogP contribution in [0.15, 0.2) is 18.3 Å². The number of nitrogens with zero attached hydrogens (tertiary/aromatic N) is 4. The molecule has 4 rings (SSSR count). The van der Waals surface area contributed by atoms with E-state index in [-0.39, 0.29) is 17.9 Å². The van der Waals surface area contributed by atoms with Crippen LogP contribution in [0.25, 0.3) is 0 Å². The van der Waals surface area contributed by atoms with Crippen LogP contribution in [0.3, 0.4) is 0 Å². The summed E-state index contributed by atoms with van der Waals surface area (Å²) in [6, 6.07) is 4.04. The lowest BCUT2D eigenvalue weighted by Gasteiger charge is -2.37. The van der Waals surface area contributed by atoms with E-state index in [1.807, 2.05) is 26.8 Å². The van der Waals surface area contributed by atoms with Gasteiger partial charge in [-0.2, -0.15) is 0 Å². The number of aromatic nitrogens is 1. The van der Waals surface area contributed by atoms with Gasteiger partial charge in [0, 0.05) is 63.6 Å². The topological polar surface area (TPSA) is 95.1 Å². The monoisotopic (exact) mass is 443 g/mol. The van der Waals surface area contributed by atoms with Gasteiger partial charge in [-0.25, -0.2) is 9.78 Å². The third kappa shape index (κ3) is 4.81. The molecule has 0 bridgehead atoms. The van der Waals surface area contributed by atoms with Crippen LogP contribution in [0.5, 0.6) is 0 Å². The zero-order valence-electron chi connectivity index (χ0n) is 19.2. The van der Waals surface area contributed by atoms with E-state index in [4.69, 9.17) is 4.74 Å². The lowest BCUT2D eigenvalue weighted by Crippen LogP contribution is -2.50. The van der Waals surface area contributed by atoms with Crippen molar-refractivity contribution in [1.82, 2.24) is 15.2 Å². The Morgan fingerprint density at radius 3 is 2.56 bits per heavy atom. The summed E-state index contributed by atoms with van der Waals surface area (Å²) in [4.78, 5) is 47.4. The van der Waals surface area contributed by atoms with Crippen molar-refractivity contribution in [2.75, 3.05) is 49.1 Å². The zero-order valence-corrected chi connectivity index (χ0v) is 19.2. The second kappa shape index (κ2) is 8.60. The van der Waals surface area contributed by atoms with Crippen LogP contribution in [0.1, 0.15) is 46.5 Å². The Balaban J connectivity index is 1.39. The van der Waals surface area contributed by atoms with Crippen LogP contribution < -0.4 is 15.1 Å². The molecule has 1 atom stereocenters. The SMILES string of the molecule is CC(C)(C)OC(=O)N1CCN(c2ccnc(N3CCC4(CCCC(=O)NC4=O)C3)c2)CC1. The summed E-state index contributed by atoms with van der Waals surface area (Å²) in [5.74, 6) is 0.533. The number of anilines is 2. The van der Waals surface area contributed by atoms with Gasteiger partial charge in [0.05, 0.1) is 5.41 Å². The number of hydrogen-bond donors (Lipinski definition) is 1. The summed E-state index contributed by atoms with van der Waals surface area (Å²) in [7, 11) is 0. The highest BCUT2D eigenvalue weighted by atomic mass is 16.6. The van der Waals surface area contributed by atoms with Gasteiger partial charge in [0.2, 0.25) is 11.8 Å². The predicted octanol–water partition coefficient (Wildman–Crippen LogP) is 2.16. The Morgan fingerprint density at radius 2 is 1.84 bits per heavy atom. The van der Waals surface area contributed by atoms with E-state index < -0.39 is 11.0 Å². The van der Waals surface area contributed by atoms with Crippen molar-refractivity contribution >= 4 is 29.4 Å². The molecule has 174 valence electrons. The molecule has 0 aromatic carbocycles. The van der Waals surface area contributed by atoms with E-state index in [0.29, 0.717) is 26.1 Å². The maximum atomic E-state index is 12.7. The normalized spacial score (nSPS) is 24.5. The third-order valence-electron chi connectivity index (χ3n) is 6.50. The van der Waals surface area contributed by atoms with Crippen molar-refractivity contribution in [3.8, 4) is 0 Å². The van der Waals surface area contributed by atoms with Gasteiger partial charge in [-0.15, -0.1) is 0 Å². The highest BCUT2D eigenvalue weighted by Gasteiger charge is 2.46. The largest absolute Gasteiger partial charge is 0.444 e. The maximum Gasteiger partial charge on any atom is 0.410 e. The molecule has 9 heteroatoms. The minimum atomic E-state index is -0.511. The number of carbonyl (C=O) groups is 3. The Bertz CT molecular complexity index is 891. The molecule has 3 amide bonds. The Hall–Kier alpha value is -2.84. The van der Waals surface area contributed by atoms with Crippen molar-refractivity contribution in [3.05, 3.63) is 18.3 Å². The van der Waals surface area contributed by atoms with Gasteiger partial charge < -0.3 is 19.4 Å². The van der Waals surface area contributed by atoms with Crippen LogP contribution in [-0.4, -0.2) is 72.7 Å². The van der Waals surface area contributed by atoms with Crippen LogP contribution in [-0.2, 0) is 14.3 Å². The van der Waals surface area contributed by atoms with Crippen LogP contribution in [0.2, 0.25) is 0 Å². The number of carbonyl (C=O) groups excluding carboxylic acids is 3. The molecular formula is C23H33N5O4. The second-order valence-corrected chi connectivity index (χ2v) is 10.0. The minimum Gasteiger partial charge on any atom is -0.444 e. The van der Waals surface area contributed by atoms with Gasteiger partial charge in [-0.3, -0.25) is 14.9 Å². The molecule has 1 N–H and O–H groups in total. The highest BCUT2D eigenvalue weighted by Crippen LogP contribution is 2.39. The van der Waals surface area contributed by atoms with Gasteiger partial charge in [-0.1, -0.05) is 0 Å². The summed E-state index contributed by atoms with van der Waals surface area (Å²) in [5, 5.41) is 2.56. The molecule has 9 nitrogen and oxygen atoms in total. The fraction of sp³-hybridized carbons (Fsp3) is 0.652. The first kappa shape index (κ1) is 22.4. The molecule has 1 aromatic rings. The summed E-state index contributed by atoms with van der Waals surface area (Å²) in [6.07, 6.45) is 4.14. The zero-order chi connectivity index (χ0) is 22.9. The first-order chi connectivity index (χ1) is 15.2. The standard InChI is InChI=1S/C23H33N5O4/c1-22(2,3)32-21(31)27-13-11-26(12-14-27)17-6-9-24-18(15-17)28-10-8-23(16-28)7-4-5-19(29)25-20(23)30/h6,9,15H,4-5,7-8,10-14,16H2,1-3H3,(H,25,29,30). The quantitative estimate of drug-likeness (QED) is 0.700. The second-order valence-electron chi connectivity index (χ2n) is 10.0. The lowest BCUT2D eigenvalue weighted by molar-refractivity contribution is -0.134. The van der Waals surface area contributed by atoms with Crippen molar-refractivity contribution in [2.45, 2.75) is 52.1 Å². The number of hydrogen-bond acceptors (Lipinski definition) is 7. The summed E-state index contributed by atoms with van der Waals surface area (Å²) in [6.45, 7) is 9.59. The number of nitrogens with one attached hydrogen (secondary N) is 1. The summed E-state index contributed by atoms with van der Waals surface area (Å²) < 4.78 is 5.48. The number of amides is 3. The van der Waals surface area contributed by atoms with E-state index in [9.17, 15) is 14.4 Å². The Kier molecular flexibility index (Phi) is 6.01. The average Bonchev–Trinajstić information content (AvgIpc) is 3.12. The summed E-state index contributed by atoms with van der Waals surface area (Å²) >= 11 is 0. The van der Waals surface area contributed by atoms with E-state index in [2.05, 4.69) is 26.2 Å². The molecule has 0 radical (unpaired) electrons. The van der Waals surface area contributed by atoms with Crippen LogP contribution in [0, 0.1) is 5.41 Å². The molecule has 0 saturated carbocycles. The van der Waals surface area contributed by atoms with Gasteiger partial charge in [0.15, 0.2) is 0 Å². The Labute approximate surface area is 189 Å². The smallest absolute Gasteiger partial charge is 0.410 e. The number of ether oxygens (including phenoxy) is 1. The van der Waals surface area contributed by atoms with E-state index in [0.717, 1.165) is 50.4 Å². The molecule has 1 spiro atoms. The van der Waals surface area contributed by atoms with Gasteiger partial charge in [0.1, 0.15) is 11.4 Å². The van der Waals surface area contributed by atoms with Crippen molar-refractivity contribution < 1.29 is 19.1 Å². The lowest BCUT2D eigenvalue weighted by atomic mass is 9.82. The number of rotatable bonds is 2. The van der Waals surface area contributed by atoms with Gasteiger partial charge >= 0.3 is 6.09 Å². The summed E-state index contributed by atoms with van der Waals surface area (Å²) in [5.41, 5.74) is 0.0476. The first-order valence-corrected chi connectivity index (χ1v) is 11.4. The fourth-order valence-corrected chi connectivity index (χ4v) is 4.73. The first-order valence-electron chi connectivity index (χ1n) is 11.4. The molecule has 3 fully saturated rings. The highest BCUT2D eigenvalue weighted by molar-refractivity contribution is 5.99. The molecule has 1 unspecified atom stereocenters. The van der Waals surface area contributed by atoms with Crippen LogP contribution >= 0.6 is 0 Å². The van der Waals surface area contributed by atoms with E-state index >= 15 is 0 Å². The molecule has 3 saturated heterocycles. The average molecular weight is 444 g/mol. The third-order valence-corrected chi connectivity index (χ3v) is 6.50. The number of imide groups is 1. The van der Waals surface area contributed by atoms with Gasteiger partial charge in [-0.05, 0) is 46.1 Å². The molecule has 32 heavy (non-hydrogen) atoms. The van der Waals surface area contributed by atoms with Crippen molar-refractivity contribution in [2.24, 2.45) is 5.41 Å². The van der Waals surface area contributed by atoms with Crippen LogP contribution in [0.4, 0.5) is 16.3 Å². The maximum absolute atomic E-state index is 12.7. The minimum absolute atomic E-state index is 0.142. The molecule has 4 heterocycles. The Morgan fingerprint density at radius 1 is 1.09 bits per heavy atom. The molecule has 0 aliphatic carbocycles. The molecule has 3 aliphatic heterocycles.